The zero-order valence-corrected chi connectivity index (χ0v) is 27.9. The molecule has 3 aliphatic rings. The maximum atomic E-state index is 15.2. The van der Waals surface area contributed by atoms with Crippen LogP contribution in [0.2, 0.25) is 10.0 Å². The van der Waals surface area contributed by atoms with E-state index in [2.05, 4.69) is 10.6 Å². The molecule has 258 valence electrons. The first-order valence-corrected chi connectivity index (χ1v) is 16.9. The molecule has 2 amide bonds. The van der Waals surface area contributed by atoms with Crippen LogP contribution in [0.1, 0.15) is 44.2 Å². The fourth-order valence-corrected chi connectivity index (χ4v) is 8.61. The second kappa shape index (κ2) is 12.7. The van der Waals surface area contributed by atoms with Gasteiger partial charge in [0.15, 0.2) is 0 Å². The Bertz CT molecular complexity index is 1680. The number of hydrogen-bond acceptors (Lipinski definition) is 6. The number of carbonyl (C=O) groups is 2. The number of fused-ring (bicyclic) bond motifs is 2. The lowest BCUT2D eigenvalue weighted by Crippen LogP contribution is -2.56. The fourth-order valence-electron chi connectivity index (χ4n) is 6.93. The van der Waals surface area contributed by atoms with Gasteiger partial charge in [-0.2, -0.15) is 17.5 Å². The van der Waals surface area contributed by atoms with Crippen LogP contribution in [0.25, 0.3) is 0 Å². The van der Waals surface area contributed by atoms with Crippen LogP contribution in [0.5, 0.6) is 0 Å². The van der Waals surface area contributed by atoms with E-state index in [0.717, 1.165) is 30.3 Å². The number of carbonyl (C=O) groups excluding carboxylic acids is 2. The van der Waals surface area contributed by atoms with Crippen molar-refractivity contribution < 1.29 is 44.7 Å². The molecule has 3 heterocycles. The average molecular weight is 728 g/mol. The Balaban J connectivity index is 1.80. The molecule has 5 rings (SSSR count). The zero-order chi connectivity index (χ0) is 34.7. The fraction of sp³-hybridized carbons (Fsp3) is 0.533. The van der Waals surface area contributed by atoms with Gasteiger partial charge < -0.3 is 15.4 Å². The number of amides is 2. The second-order valence-electron chi connectivity index (χ2n) is 13.0. The number of benzene rings is 2. The summed E-state index contributed by atoms with van der Waals surface area (Å²) >= 11 is 12.1. The third kappa shape index (κ3) is 6.34. The van der Waals surface area contributed by atoms with E-state index in [-0.39, 0.29) is 40.6 Å². The van der Waals surface area contributed by atoms with E-state index in [4.69, 9.17) is 27.9 Å². The quantitative estimate of drug-likeness (QED) is 0.388. The smallest absolute Gasteiger partial charge is 0.379 e. The molecule has 1 spiro atoms. The lowest BCUT2D eigenvalue weighted by molar-refractivity contribution is -0.125. The summed E-state index contributed by atoms with van der Waals surface area (Å²) in [7, 11) is -6.37. The lowest BCUT2D eigenvalue weighted by Gasteiger charge is -2.39. The molecule has 2 N–H and O–H groups in total. The molecule has 0 saturated carbocycles. The number of nitrogens with zero attached hydrogens (tertiary/aromatic N) is 2. The highest BCUT2D eigenvalue weighted by Crippen LogP contribution is 2.61. The van der Waals surface area contributed by atoms with E-state index < -0.39 is 77.9 Å². The topological polar surface area (TPSA) is 108 Å². The Hall–Kier alpha value is -2.56. The predicted octanol–water partition coefficient (Wildman–Crippen LogP) is 5.03. The van der Waals surface area contributed by atoms with Crippen LogP contribution in [0.4, 0.5) is 27.6 Å². The molecule has 0 bridgehead atoms. The molecule has 47 heavy (non-hydrogen) atoms. The normalized spacial score (nSPS) is 25.7. The lowest BCUT2D eigenvalue weighted by atomic mass is 9.62. The van der Waals surface area contributed by atoms with Gasteiger partial charge in [0.2, 0.25) is 11.8 Å². The second-order valence-corrected chi connectivity index (χ2v) is 15.7. The molecular formula is C30H33Cl2F5N4O5S. The molecule has 9 nitrogen and oxygen atoms in total. The summed E-state index contributed by atoms with van der Waals surface area (Å²) in [5, 5.41) is 4.21. The Morgan fingerprint density at radius 3 is 2.30 bits per heavy atom. The molecule has 2 aromatic rings. The molecular weight excluding hydrogens is 694 g/mol. The number of nitrogens with one attached hydrogen (secondary N) is 2. The molecule has 0 aromatic heterocycles. The van der Waals surface area contributed by atoms with E-state index >= 15 is 4.39 Å². The van der Waals surface area contributed by atoms with E-state index in [1.165, 1.54) is 0 Å². The van der Waals surface area contributed by atoms with E-state index in [0.29, 0.717) is 26.3 Å². The summed E-state index contributed by atoms with van der Waals surface area (Å²) in [5.41, 5.74) is -9.57. The van der Waals surface area contributed by atoms with Gasteiger partial charge in [0, 0.05) is 43.8 Å². The van der Waals surface area contributed by atoms with Crippen molar-refractivity contribution in [3.05, 3.63) is 63.1 Å². The van der Waals surface area contributed by atoms with Gasteiger partial charge in [-0.15, -0.1) is 0 Å². The van der Waals surface area contributed by atoms with Crippen molar-refractivity contribution in [2.75, 3.05) is 44.7 Å². The molecule has 4 atom stereocenters. The molecule has 0 radical (unpaired) electrons. The third-order valence-corrected chi connectivity index (χ3v) is 11.0. The maximum Gasteiger partial charge on any atom is 0.511 e. The van der Waals surface area contributed by atoms with E-state index in [9.17, 15) is 35.6 Å². The molecule has 2 fully saturated rings. The molecule has 2 aromatic carbocycles. The Morgan fingerprint density at radius 2 is 1.70 bits per heavy atom. The van der Waals surface area contributed by atoms with Crippen molar-refractivity contribution in [3.8, 4) is 0 Å². The summed E-state index contributed by atoms with van der Waals surface area (Å²) in [6.07, 6.45) is -0.387. The molecule has 17 heteroatoms. The summed E-state index contributed by atoms with van der Waals surface area (Å²) < 4.78 is 106. The van der Waals surface area contributed by atoms with Crippen molar-refractivity contribution in [2.24, 2.45) is 5.41 Å². The monoisotopic (exact) mass is 726 g/mol. The SMILES string of the molecule is CC(C)(C)CC1N(S(=O)(=O)C(F)(F)F)C(C(=O)NCCN2CCOCC2)C(c2ccc(F)c(Cl)c2)C12C(=O)Nc1cc(Cl)c(F)cc12. The number of anilines is 1. The number of halogens is 7. The largest absolute Gasteiger partial charge is 0.511 e. The number of rotatable bonds is 7. The van der Waals surface area contributed by atoms with Gasteiger partial charge in [0.25, 0.3) is 0 Å². The van der Waals surface area contributed by atoms with Crippen LogP contribution in [0.15, 0.2) is 30.3 Å². The van der Waals surface area contributed by atoms with Gasteiger partial charge in [0.05, 0.1) is 23.3 Å². The van der Waals surface area contributed by atoms with Crippen molar-refractivity contribution in [3.63, 3.8) is 0 Å². The first kappa shape index (κ1) is 35.7. The minimum Gasteiger partial charge on any atom is -0.379 e. The third-order valence-electron chi connectivity index (χ3n) is 8.82. The van der Waals surface area contributed by atoms with Gasteiger partial charge >= 0.3 is 15.5 Å². The van der Waals surface area contributed by atoms with Gasteiger partial charge in [-0.25, -0.2) is 17.2 Å². The zero-order valence-electron chi connectivity index (χ0n) is 25.6. The van der Waals surface area contributed by atoms with Crippen LogP contribution in [-0.2, 0) is 29.8 Å². The van der Waals surface area contributed by atoms with Crippen LogP contribution in [0, 0.1) is 17.0 Å². The maximum absolute atomic E-state index is 15.2. The number of sulfonamides is 1. The van der Waals surface area contributed by atoms with E-state index in [1.54, 1.807) is 20.8 Å². The summed E-state index contributed by atoms with van der Waals surface area (Å²) in [4.78, 5) is 30.6. The summed E-state index contributed by atoms with van der Waals surface area (Å²) in [6.45, 7) is 6.99. The first-order chi connectivity index (χ1) is 21.8. The predicted molar refractivity (Wildman–Crippen MR) is 165 cm³/mol. The summed E-state index contributed by atoms with van der Waals surface area (Å²) in [6, 6.07) is 0.884. The highest BCUT2D eigenvalue weighted by Gasteiger charge is 2.73. The van der Waals surface area contributed by atoms with Gasteiger partial charge in [-0.1, -0.05) is 50.0 Å². The van der Waals surface area contributed by atoms with Crippen LogP contribution >= 0.6 is 23.2 Å². The molecule has 4 unspecified atom stereocenters. The van der Waals surface area contributed by atoms with Crippen molar-refractivity contribution in [2.45, 2.75) is 56.1 Å². The van der Waals surface area contributed by atoms with Crippen molar-refractivity contribution in [1.82, 2.24) is 14.5 Å². The minimum atomic E-state index is -6.37. The Kier molecular flexibility index (Phi) is 9.67. The van der Waals surface area contributed by atoms with Gasteiger partial charge in [-0.05, 0) is 47.2 Å². The van der Waals surface area contributed by atoms with E-state index in [1.807, 2.05) is 4.90 Å². The van der Waals surface area contributed by atoms with Crippen LogP contribution in [-0.4, -0.2) is 86.4 Å². The molecule has 3 aliphatic heterocycles. The highest BCUT2D eigenvalue weighted by atomic mass is 35.5. The number of ether oxygens (including phenoxy) is 1. The molecule has 2 saturated heterocycles. The summed E-state index contributed by atoms with van der Waals surface area (Å²) in [5.74, 6) is -5.80. The average Bonchev–Trinajstić information content (AvgIpc) is 3.41. The van der Waals surface area contributed by atoms with Gasteiger partial charge in [-0.3, -0.25) is 14.5 Å². The van der Waals surface area contributed by atoms with Crippen LogP contribution < -0.4 is 10.6 Å². The Labute approximate surface area is 278 Å². The van der Waals surface area contributed by atoms with Crippen molar-refractivity contribution >= 4 is 50.7 Å². The highest BCUT2D eigenvalue weighted by molar-refractivity contribution is 7.90. The van der Waals surface area contributed by atoms with Crippen LogP contribution in [0.3, 0.4) is 0 Å². The molecule has 0 aliphatic carbocycles. The standard InChI is InChI=1S/C30H33Cl2F5N4O5S/c1-28(2,3)15-23-29(17-13-21(34)19(32)14-22(17)39-27(29)43)24(16-4-5-20(33)18(31)12-16)25(41(23)47(44,45)30(35,36)37)26(42)38-6-7-40-8-10-46-11-9-40/h4-5,12-14,23-25H,6-11,15H2,1-3H3,(H,38,42)(H,39,43). The Morgan fingerprint density at radius 1 is 1.06 bits per heavy atom. The number of alkyl halides is 3. The number of morpholine rings is 1. The minimum absolute atomic E-state index is 0.0471. The first-order valence-electron chi connectivity index (χ1n) is 14.7. The van der Waals surface area contributed by atoms with Gasteiger partial charge in [0.1, 0.15) is 23.1 Å². The number of hydrogen-bond donors (Lipinski definition) is 2. The van der Waals surface area contributed by atoms with Crippen molar-refractivity contribution in [1.29, 1.82) is 0 Å².